The summed E-state index contributed by atoms with van der Waals surface area (Å²) >= 11 is 3.43. The van der Waals surface area contributed by atoms with Crippen LogP contribution in [-0.2, 0) is 31.0 Å². The Balaban J connectivity index is 1.88. The number of hydrogen-bond acceptors (Lipinski definition) is 6. The third kappa shape index (κ3) is 5.50. The highest BCUT2D eigenvalue weighted by Crippen LogP contribution is 2.45. The van der Waals surface area contributed by atoms with Crippen molar-refractivity contribution in [3.63, 3.8) is 0 Å². The molecule has 1 fully saturated rings. The van der Waals surface area contributed by atoms with Gasteiger partial charge in [0.1, 0.15) is 18.3 Å². The first-order chi connectivity index (χ1) is 15.0. The normalized spacial score (nSPS) is 26.4. The number of pyridine rings is 1. The molecule has 2 aromatic rings. The van der Waals surface area contributed by atoms with E-state index in [1.807, 2.05) is 30.3 Å². The summed E-state index contributed by atoms with van der Waals surface area (Å²) in [6.45, 7) is 11.6. The largest absolute Gasteiger partial charge is 0.408 e. The first-order valence-corrected chi connectivity index (χ1v) is 14.5. The van der Waals surface area contributed by atoms with Gasteiger partial charge in [-0.15, -0.1) is 0 Å². The van der Waals surface area contributed by atoms with Gasteiger partial charge in [-0.3, -0.25) is 4.98 Å². The van der Waals surface area contributed by atoms with Gasteiger partial charge in [-0.05, 0) is 45.7 Å². The first kappa shape index (κ1) is 25.5. The molecule has 1 aliphatic heterocycles. The van der Waals surface area contributed by atoms with Crippen LogP contribution >= 0.6 is 15.9 Å². The van der Waals surface area contributed by atoms with Crippen molar-refractivity contribution in [3.05, 3.63) is 64.4 Å². The van der Waals surface area contributed by atoms with Gasteiger partial charge >= 0.3 is 0 Å². The SMILES string of the molecule is COC1C(O[Si](C)(C)C(C)(C)C)C(COCc2ccccc2)O[C@]1(O)c1cncc(Br)c1. The molecule has 1 saturated heterocycles. The minimum Gasteiger partial charge on any atom is -0.408 e. The van der Waals surface area contributed by atoms with E-state index in [2.05, 4.69) is 54.8 Å². The number of ether oxygens (including phenoxy) is 3. The molecule has 0 bridgehead atoms. The number of aromatic nitrogens is 1. The number of hydrogen-bond donors (Lipinski definition) is 1. The van der Waals surface area contributed by atoms with Gasteiger partial charge in [0.05, 0.1) is 13.2 Å². The van der Waals surface area contributed by atoms with Crippen molar-refractivity contribution in [2.75, 3.05) is 13.7 Å². The fraction of sp³-hybridized carbons (Fsp3) is 0.542. The summed E-state index contributed by atoms with van der Waals surface area (Å²) in [7, 11) is -0.630. The molecule has 0 saturated carbocycles. The van der Waals surface area contributed by atoms with E-state index in [-0.39, 0.29) is 11.6 Å². The minimum atomic E-state index is -2.20. The summed E-state index contributed by atoms with van der Waals surface area (Å²) in [5.74, 6) is -1.71. The van der Waals surface area contributed by atoms with Crippen LogP contribution in [0.2, 0.25) is 18.1 Å². The molecule has 3 rings (SSSR count). The molecule has 1 aromatic carbocycles. The lowest BCUT2D eigenvalue weighted by atomic mass is 9.99. The summed E-state index contributed by atoms with van der Waals surface area (Å²) in [5, 5.41) is 11.7. The van der Waals surface area contributed by atoms with Crippen molar-refractivity contribution in [3.8, 4) is 0 Å². The predicted molar refractivity (Wildman–Crippen MR) is 130 cm³/mol. The van der Waals surface area contributed by atoms with Crippen LogP contribution < -0.4 is 0 Å². The van der Waals surface area contributed by atoms with Crippen molar-refractivity contribution >= 4 is 24.2 Å². The van der Waals surface area contributed by atoms with E-state index < -0.39 is 32.4 Å². The van der Waals surface area contributed by atoms with Gasteiger partial charge in [-0.2, -0.15) is 0 Å². The number of aliphatic hydroxyl groups is 1. The second-order valence-corrected chi connectivity index (χ2v) is 15.4. The molecule has 0 radical (unpaired) electrons. The Morgan fingerprint density at radius 1 is 1.19 bits per heavy atom. The van der Waals surface area contributed by atoms with Gasteiger partial charge in [-0.25, -0.2) is 0 Å². The van der Waals surface area contributed by atoms with Crippen molar-refractivity contribution in [2.45, 2.75) is 69.6 Å². The zero-order chi connectivity index (χ0) is 23.6. The summed E-state index contributed by atoms with van der Waals surface area (Å²) < 4.78 is 25.5. The number of methoxy groups -OCH3 is 1. The van der Waals surface area contributed by atoms with E-state index in [0.29, 0.717) is 12.2 Å². The van der Waals surface area contributed by atoms with E-state index in [1.165, 1.54) is 0 Å². The molecule has 4 atom stereocenters. The Bertz CT molecular complexity index is 891. The van der Waals surface area contributed by atoms with Crippen LogP contribution in [0.1, 0.15) is 31.9 Å². The predicted octanol–water partition coefficient (Wildman–Crippen LogP) is 5.01. The van der Waals surface area contributed by atoms with Crippen LogP contribution in [0.3, 0.4) is 0 Å². The van der Waals surface area contributed by atoms with E-state index in [4.69, 9.17) is 18.6 Å². The van der Waals surface area contributed by atoms with Gasteiger partial charge in [0.25, 0.3) is 0 Å². The molecule has 2 heterocycles. The van der Waals surface area contributed by atoms with E-state index in [9.17, 15) is 5.11 Å². The van der Waals surface area contributed by atoms with Gasteiger partial charge < -0.3 is 23.7 Å². The molecule has 1 aromatic heterocycles. The Kier molecular flexibility index (Phi) is 7.97. The second-order valence-electron chi connectivity index (χ2n) is 9.74. The summed E-state index contributed by atoms with van der Waals surface area (Å²) in [6.07, 6.45) is 1.50. The number of benzene rings is 1. The lowest BCUT2D eigenvalue weighted by Gasteiger charge is -2.40. The molecule has 0 aliphatic carbocycles. The third-order valence-electron chi connectivity index (χ3n) is 6.38. The molecule has 1 N–H and O–H groups in total. The van der Waals surface area contributed by atoms with Crippen LogP contribution in [0, 0.1) is 0 Å². The van der Waals surface area contributed by atoms with Crippen LogP contribution in [0.15, 0.2) is 53.3 Å². The Morgan fingerprint density at radius 3 is 2.47 bits per heavy atom. The topological polar surface area (TPSA) is 70.0 Å². The molecular formula is C24H34BrNO5Si. The zero-order valence-corrected chi connectivity index (χ0v) is 22.3. The summed E-state index contributed by atoms with van der Waals surface area (Å²) in [5.41, 5.74) is 1.58. The van der Waals surface area contributed by atoms with Gasteiger partial charge in [0.15, 0.2) is 8.32 Å². The molecule has 176 valence electrons. The smallest absolute Gasteiger partial charge is 0.224 e. The molecule has 6 nitrogen and oxygen atoms in total. The molecule has 8 heteroatoms. The summed E-state index contributed by atoms with van der Waals surface area (Å²) in [4.78, 5) is 4.20. The number of halogens is 1. The van der Waals surface area contributed by atoms with Crippen molar-refractivity contribution in [2.24, 2.45) is 0 Å². The molecule has 0 spiro atoms. The minimum absolute atomic E-state index is 0.0151. The lowest BCUT2D eigenvalue weighted by molar-refractivity contribution is -0.246. The number of rotatable bonds is 8. The molecule has 32 heavy (non-hydrogen) atoms. The van der Waals surface area contributed by atoms with Crippen LogP contribution in [0.5, 0.6) is 0 Å². The lowest BCUT2D eigenvalue weighted by Crippen LogP contribution is -2.51. The first-order valence-electron chi connectivity index (χ1n) is 10.8. The molecule has 1 aliphatic rings. The second kappa shape index (κ2) is 10.0. The van der Waals surface area contributed by atoms with E-state index in [1.54, 1.807) is 25.6 Å². The standard InChI is InChI=1S/C24H34BrNO5Si/c1-23(2,3)32(5,6)31-21-20(16-29-15-17-10-8-7-9-11-17)30-24(27,22(21)28-4)18-12-19(25)14-26-13-18/h7-14,20-22,27H,15-16H2,1-6H3/t20?,21?,22?,24-/m1/s1. The zero-order valence-electron chi connectivity index (χ0n) is 19.7. The fourth-order valence-electron chi connectivity index (χ4n) is 3.57. The maximum absolute atomic E-state index is 11.7. The van der Waals surface area contributed by atoms with Gasteiger partial charge in [0.2, 0.25) is 5.79 Å². The monoisotopic (exact) mass is 523 g/mol. The highest BCUT2D eigenvalue weighted by Gasteiger charge is 2.58. The Hall–Kier alpha value is -1.13. The van der Waals surface area contributed by atoms with E-state index in [0.717, 1.165) is 10.0 Å². The van der Waals surface area contributed by atoms with Crippen molar-refractivity contribution in [1.82, 2.24) is 4.98 Å². The molecular weight excluding hydrogens is 490 g/mol. The Labute approximate surface area is 200 Å². The molecule has 3 unspecified atom stereocenters. The highest BCUT2D eigenvalue weighted by atomic mass is 79.9. The van der Waals surface area contributed by atoms with E-state index >= 15 is 0 Å². The van der Waals surface area contributed by atoms with Crippen LogP contribution in [0.25, 0.3) is 0 Å². The van der Waals surface area contributed by atoms with Crippen molar-refractivity contribution < 1.29 is 23.7 Å². The quantitative estimate of drug-likeness (QED) is 0.490. The maximum atomic E-state index is 11.7. The fourth-order valence-corrected chi connectivity index (χ4v) is 5.24. The Morgan fingerprint density at radius 2 is 1.88 bits per heavy atom. The van der Waals surface area contributed by atoms with Crippen molar-refractivity contribution in [1.29, 1.82) is 0 Å². The molecule has 0 amide bonds. The maximum Gasteiger partial charge on any atom is 0.224 e. The average molecular weight is 525 g/mol. The van der Waals surface area contributed by atoms with Gasteiger partial charge in [-0.1, -0.05) is 51.1 Å². The van der Waals surface area contributed by atoms with Crippen LogP contribution in [-0.4, -0.2) is 50.4 Å². The highest BCUT2D eigenvalue weighted by molar-refractivity contribution is 9.10. The summed E-state index contributed by atoms with van der Waals surface area (Å²) in [6, 6.07) is 11.8. The van der Waals surface area contributed by atoms with Gasteiger partial charge in [0, 0.05) is 29.5 Å². The average Bonchev–Trinajstić information content (AvgIpc) is 2.99. The number of nitrogens with zero attached hydrogens (tertiary/aromatic N) is 1. The van der Waals surface area contributed by atoms with Crippen LogP contribution in [0.4, 0.5) is 0 Å². The third-order valence-corrected chi connectivity index (χ3v) is 11.3.